The van der Waals surface area contributed by atoms with Gasteiger partial charge in [0.15, 0.2) is 0 Å². The summed E-state index contributed by atoms with van der Waals surface area (Å²) in [6, 6.07) is 0. The molecule has 0 aliphatic carbocycles. The van der Waals surface area contributed by atoms with E-state index in [0.717, 1.165) is 44.9 Å². The summed E-state index contributed by atoms with van der Waals surface area (Å²) in [6.45, 7) is 3.94. The number of hydrogen-bond donors (Lipinski definition) is 1. The van der Waals surface area contributed by atoms with Crippen molar-refractivity contribution in [1.29, 1.82) is 0 Å². The zero-order chi connectivity index (χ0) is 15.8. The molecular formula is C19H32O2. The molecule has 21 heavy (non-hydrogen) atoms. The van der Waals surface area contributed by atoms with Gasteiger partial charge < -0.3 is 5.11 Å². The summed E-state index contributed by atoms with van der Waals surface area (Å²) in [4.78, 5) is 10.6. The van der Waals surface area contributed by atoms with Crippen molar-refractivity contribution < 1.29 is 9.90 Å². The molecule has 0 heterocycles. The lowest BCUT2D eigenvalue weighted by Gasteiger charge is -2.04. The van der Waals surface area contributed by atoms with Crippen LogP contribution in [-0.2, 0) is 4.79 Å². The van der Waals surface area contributed by atoms with Crippen LogP contribution in [0.25, 0.3) is 0 Å². The van der Waals surface area contributed by atoms with E-state index >= 15 is 0 Å². The second-order valence-electron chi connectivity index (χ2n) is 5.52. The summed E-state index contributed by atoms with van der Waals surface area (Å²) in [6.07, 6.45) is 23.0. The molecule has 0 aromatic carbocycles. The van der Waals surface area contributed by atoms with Crippen LogP contribution in [0.2, 0.25) is 0 Å². The van der Waals surface area contributed by atoms with E-state index in [1.54, 1.807) is 6.92 Å². The standard InChI is InChI=1S/C19H32O2/c1-3-4-5-6-7-8-9-10-11-12-13-14-15-16-17-18(2)19(20)21/h4-5,7-8,10-11,18H,3,6,9,12-17H2,1-2H3,(H,20,21)/b5-4+,8-7+,11-10+. The molecule has 2 heteroatoms. The highest BCUT2D eigenvalue weighted by Crippen LogP contribution is 2.11. The van der Waals surface area contributed by atoms with Gasteiger partial charge in [0.2, 0.25) is 0 Å². The van der Waals surface area contributed by atoms with Crippen LogP contribution >= 0.6 is 0 Å². The summed E-state index contributed by atoms with van der Waals surface area (Å²) in [5, 5.41) is 8.77. The van der Waals surface area contributed by atoms with Gasteiger partial charge in [-0.2, -0.15) is 0 Å². The Kier molecular flexibility index (Phi) is 14.1. The predicted octanol–water partition coefficient (Wildman–Crippen LogP) is 5.91. The lowest BCUT2D eigenvalue weighted by Crippen LogP contribution is -2.08. The van der Waals surface area contributed by atoms with Crippen molar-refractivity contribution in [3.05, 3.63) is 36.5 Å². The number of rotatable bonds is 13. The van der Waals surface area contributed by atoms with Gasteiger partial charge in [-0.1, -0.05) is 69.6 Å². The van der Waals surface area contributed by atoms with E-state index in [-0.39, 0.29) is 5.92 Å². The highest BCUT2D eigenvalue weighted by Gasteiger charge is 2.09. The molecule has 0 bridgehead atoms. The highest BCUT2D eigenvalue weighted by molar-refractivity contribution is 5.69. The molecule has 0 rings (SSSR count). The minimum absolute atomic E-state index is 0.191. The smallest absolute Gasteiger partial charge is 0.306 e. The molecular weight excluding hydrogens is 260 g/mol. The van der Waals surface area contributed by atoms with E-state index in [0.29, 0.717) is 0 Å². The molecule has 0 aromatic heterocycles. The average molecular weight is 292 g/mol. The molecule has 0 aromatic rings. The van der Waals surface area contributed by atoms with Gasteiger partial charge in [-0.05, 0) is 38.5 Å². The summed E-state index contributed by atoms with van der Waals surface area (Å²) < 4.78 is 0. The van der Waals surface area contributed by atoms with Crippen LogP contribution in [0, 0.1) is 5.92 Å². The maximum absolute atomic E-state index is 10.6. The Hall–Kier alpha value is -1.31. The molecule has 0 aliphatic heterocycles. The van der Waals surface area contributed by atoms with Crippen molar-refractivity contribution in [2.45, 2.75) is 71.6 Å². The Morgan fingerprint density at radius 3 is 2.10 bits per heavy atom. The Morgan fingerprint density at radius 2 is 1.48 bits per heavy atom. The molecule has 0 aliphatic rings. The van der Waals surface area contributed by atoms with E-state index < -0.39 is 5.97 Å². The first-order chi connectivity index (χ1) is 10.2. The van der Waals surface area contributed by atoms with Gasteiger partial charge in [-0.15, -0.1) is 0 Å². The van der Waals surface area contributed by atoms with Gasteiger partial charge in [0.05, 0.1) is 5.92 Å². The van der Waals surface area contributed by atoms with E-state index in [2.05, 4.69) is 43.4 Å². The first kappa shape index (κ1) is 19.7. The van der Waals surface area contributed by atoms with E-state index in [4.69, 9.17) is 5.11 Å². The van der Waals surface area contributed by atoms with Crippen molar-refractivity contribution in [2.24, 2.45) is 5.92 Å². The molecule has 120 valence electrons. The van der Waals surface area contributed by atoms with E-state index in [1.165, 1.54) is 12.8 Å². The molecule has 0 spiro atoms. The van der Waals surface area contributed by atoms with Crippen LogP contribution in [0.3, 0.4) is 0 Å². The van der Waals surface area contributed by atoms with Gasteiger partial charge in [0, 0.05) is 0 Å². The van der Waals surface area contributed by atoms with Gasteiger partial charge in [-0.3, -0.25) is 4.79 Å². The zero-order valence-corrected chi connectivity index (χ0v) is 13.8. The number of unbranched alkanes of at least 4 members (excludes halogenated alkanes) is 4. The quantitative estimate of drug-likeness (QED) is 0.338. The fourth-order valence-corrected chi connectivity index (χ4v) is 2.02. The maximum atomic E-state index is 10.6. The number of carboxylic acid groups (broad SMARTS) is 1. The molecule has 1 unspecified atom stereocenters. The van der Waals surface area contributed by atoms with Gasteiger partial charge in [0.25, 0.3) is 0 Å². The fraction of sp³-hybridized carbons (Fsp3) is 0.632. The molecule has 0 saturated carbocycles. The number of carbonyl (C=O) groups is 1. The Balaban J connectivity index is 3.33. The Bertz CT molecular complexity index is 326. The monoisotopic (exact) mass is 292 g/mol. The molecule has 0 saturated heterocycles. The molecule has 0 amide bonds. The molecule has 0 radical (unpaired) electrons. The largest absolute Gasteiger partial charge is 0.481 e. The van der Waals surface area contributed by atoms with Gasteiger partial charge in [-0.25, -0.2) is 0 Å². The molecule has 0 fully saturated rings. The summed E-state index contributed by atoms with van der Waals surface area (Å²) >= 11 is 0. The summed E-state index contributed by atoms with van der Waals surface area (Å²) in [5.74, 6) is -0.861. The Morgan fingerprint density at radius 1 is 0.905 bits per heavy atom. The van der Waals surface area contributed by atoms with Crippen molar-refractivity contribution >= 4 is 5.97 Å². The second kappa shape index (κ2) is 15.1. The summed E-state index contributed by atoms with van der Waals surface area (Å²) in [7, 11) is 0. The predicted molar refractivity (Wildman–Crippen MR) is 91.4 cm³/mol. The topological polar surface area (TPSA) is 37.3 Å². The first-order valence-electron chi connectivity index (χ1n) is 8.36. The normalized spacial score (nSPS) is 13.6. The minimum atomic E-state index is -0.670. The lowest BCUT2D eigenvalue weighted by molar-refractivity contribution is -0.141. The third-order valence-corrected chi connectivity index (χ3v) is 3.46. The van der Waals surface area contributed by atoms with E-state index in [9.17, 15) is 4.79 Å². The number of carboxylic acids is 1. The van der Waals surface area contributed by atoms with Crippen molar-refractivity contribution in [3.63, 3.8) is 0 Å². The Labute approximate surface area is 130 Å². The molecule has 1 N–H and O–H groups in total. The van der Waals surface area contributed by atoms with Crippen LogP contribution < -0.4 is 0 Å². The molecule has 2 nitrogen and oxygen atoms in total. The maximum Gasteiger partial charge on any atom is 0.306 e. The first-order valence-corrected chi connectivity index (χ1v) is 8.36. The second-order valence-corrected chi connectivity index (χ2v) is 5.52. The number of allylic oxidation sites excluding steroid dienone is 6. The highest BCUT2D eigenvalue weighted by atomic mass is 16.4. The minimum Gasteiger partial charge on any atom is -0.481 e. The average Bonchev–Trinajstić information content (AvgIpc) is 2.47. The van der Waals surface area contributed by atoms with Gasteiger partial charge in [0.1, 0.15) is 0 Å². The van der Waals surface area contributed by atoms with Crippen molar-refractivity contribution in [2.75, 3.05) is 0 Å². The van der Waals surface area contributed by atoms with Crippen LogP contribution in [0.4, 0.5) is 0 Å². The van der Waals surface area contributed by atoms with Crippen molar-refractivity contribution in [1.82, 2.24) is 0 Å². The van der Waals surface area contributed by atoms with Crippen LogP contribution in [0.5, 0.6) is 0 Å². The van der Waals surface area contributed by atoms with Crippen molar-refractivity contribution in [3.8, 4) is 0 Å². The SMILES string of the molecule is CC/C=C/C/C=C/C/C=C/CCCCCCC(C)C(=O)O. The van der Waals surface area contributed by atoms with E-state index in [1.807, 2.05) is 0 Å². The van der Waals surface area contributed by atoms with Crippen LogP contribution in [0.1, 0.15) is 71.6 Å². The third-order valence-electron chi connectivity index (χ3n) is 3.46. The number of hydrogen-bond acceptors (Lipinski definition) is 1. The zero-order valence-electron chi connectivity index (χ0n) is 13.8. The number of aliphatic carboxylic acids is 1. The fourth-order valence-electron chi connectivity index (χ4n) is 2.02. The van der Waals surface area contributed by atoms with Gasteiger partial charge >= 0.3 is 5.97 Å². The van der Waals surface area contributed by atoms with Crippen LogP contribution in [0.15, 0.2) is 36.5 Å². The summed E-state index contributed by atoms with van der Waals surface area (Å²) in [5.41, 5.74) is 0. The lowest BCUT2D eigenvalue weighted by atomic mass is 10.0. The molecule has 1 atom stereocenters. The van der Waals surface area contributed by atoms with Crippen LogP contribution in [-0.4, -0.2) is 11.1 Å². The third kappa shape index (κ3) is 14.9.